The van der Waals surface area contributed by atoms with E-state index < -0.39 is 0 Å². The molecule has 1 fully saturated rings. The van der Waals surface area contributed by atoms with Crippen LogP contribution in [0.3, 0.4) is 0 Å². The Balaban J connectivity index is 1.73. The van der Waals surface area contributed by atoms with Gasteiger partial charge in [0, 0.05) is 25.7 Å². The smallest absolute Gasteiger partial charge is 0.161 e. The Morgan fingerprint density at radius 2 is 1.95 bits per heavy atom. The third-order valence-corrected chi connectivity index (χ3v) is 4.44. The topological polar surface area (TPSA) is 33.7 Å². The molecule has 20 heavy (non-hydrogen) atoms. The lowest BCUT2D eigenvalue weighted by Crippen LogP contribution is -2.40. The monoisotopic (exact) mass is 276 g/mol. The van der Waals surface area contributed by atoms with Gasteiger partial charge in [0.2, 0.25) is 0 Å². The van der Waals surface area contributed by atoms with Gasteiger partial charge in [0.05, 0.1) is 14.2 Å². The molecule has 1 N–H and O–H groups in total. The van der Waals surface area contributed by atoms with Crippen molar-refractivity contribution in [1.29, 1.82) is 0 Å². The molecule has 1 aromatic rings. The number of nitrogens with one attached hydrogen (secondary N) is 1. The Kier molecular flexibility index (Phi) is 4.13. The van der Waals surface area contributed by atoms with Crippen molar-refractivity contribution in [3.05, 3.63) is 23.3 Å². The van der Waals surface area contributed by atoms with Crippen molar-refractivity contribution in [3.63, 3.8) is 0 Å². The van der Waals surface area contributed by atoms with Crippen LogP contribution >= 0.6 is 0 Å². The van der Waals surface area contributed by atoms with E-state index in [1.165, 1.54) is 30.5 Å². The third kappa shape index (κ3) is 2.76. The van der Waals surface area contributed by atoms with E-state index in [4.69, 9.17) is 9.47 Å². The molecule has 2 heterocycles. The molecule has 4 nitrogen and oxygen atoms in total. The first kappa shape index (κ1) is 13.7. The van der Waals surface area contributed by atoms with E-state index in [-0.39, 0.29) is 0 Å². The summed E-state index contributed by atoms with van der Waals surface area (Å²) >= 11 is 0. The summed E-state index contributed by atoms with van der Waals surface area (Å²) in [4.78, 5) is 2.55. The molecule has 4 heteroatoms. The van der Waals surface area contributed by atoms with E-state index in [9.17, 15) is 0 Å². The summed E-state index contributed by atoms with van der Waals surface area (Å²) in [6.07, 6.45) is 3.73. The van der Waals surface area contributed by atoms with E-state index >= 15 is 0 Å². The van der Waals surface area contributed by atoms with E-state index in [0.29, 0.717) is 6.04 Å². The van der Waals surface area contributed by atoms with Crippen LogP contribution in [0.1, 0.15) is 24.0 Å². The van der Waals surface area contributed by atoms with Crippen molar-refractivity contribution in [3.8, 4) is 11.5 Å². The second-order valence-corrected chi connectivity index (χ2v) is 5.75. The normalized spacial score (nSPS) is 22.6. The van der Waals surface area contributed by atoms with E-state index in [2.05, 4.69) is 22.3 Å². The number of nitrogens with zero attached hydrogens (tertiary/aromatic N) is 1. The second-order valence-electron chi connectivity index (χ2n) is 5.75. The number of hydrogen-bond acceptors (Lipinski definition) is 4. The molecule has 1 unspecified atom stereocenters. The summed E-state index contributed by atoms with van der Waals surface area (Å²) in [5.74, 6) is 1.68. The molecule has 1 aromatic carbocycles. The fourth-order valence-electron chi connectivity index (χ4n) is 3.32. The minimum Gasteiger partial charge on any atom is -0.493 e. The van der Waals surface area contributed by atoms with Crippen LogP contribution in [0.25, 0.3) is 0 Å². The largest absolute Gasteiger partial charge is 0.493 e. The standard InChI is InChI=1S/C16H24N2O2/c1-19-15-8-12-5-7-18(11-14-4-3-6-17-14)10-13(12)9-16(15)20-2/h8-9,14,17H,3-7,10-11H2,1-2H3. The summed E-state index contributed by atoms with van der Waals surface area (Å²) in [7, 11) is 3.40. The Morgan fingerprint density at radius 3 is 2.60 bits per heavy atom. The summed E-state index contributed by atoms with van der Waals surface area (Å²) in [5.41, 5.74) is 2.78. The average molecular weight is 276 g/mol. The Labute approximate surface area is 121 Å². The summed E-state index contributed by atoms with van der Waals surface area (Å²) in [6, 6.07) is 4.96. The van der Waals surface area contributed by atoms with Gasteiger partial charge in [-0.2, -0.15) is 0 Å². The first-order valence-electron chi connectivity index (χ1n) is 7.49. The molecule has 1 saturated heterocycles. The van der Waals surface area contributed by atoms with Gasteiger partial charge < -0.3 is 14.8 Å². The van der Waals surface area contributed by atoms with Gasteiger partial charge in [0.25, 0.3) is 0 Å². The fraction of sp³-hybridized carbons (Fsp3) is 0.625. The maximum absolute atomic E-state index is 5.42. The van der Waals surface area contributed by atoms with Crippen LogP contribution in [-0.2, 0) is 13.0 Å². The highest BCUT2D eigenvalue weighted by molar-refractivity contribution is 5.48. The molecule has 1 atom stereocenters. The van der Waals surface area contributed by atoms with Crippen LogP contribution in [0.5, 0.6) is 11.5 Å². The average Bonchev–Trinajstić information content (AvgIpc) is 2.98. The van der Waals surface area contributed by atoms with Gasteiger partial charge in [-0.3, -0.25) is 4.90 Å². The molecule has 0 aliphatic carbocycles. The molecule has 0 radical (unpaired) electrons. The zero-order chi connectivity index (χ0) is 13.9. The van der Waals surface area contributed by atoms with Crippen molar-refractivity contribution >= 4 is 0 Å². The highest BCUT2D eigenvalue weighted by Crippen LogP contribution is 2.33. The lowest BCUT2D eigenvalue weighted by Gasteiger charge is -2.31. The lowest BCUT2D eigenvalue weighted by atomic mass is 9.98. The molecule has 0 aromatic heterocycles. The minimum atomic E-state index is 0.677. The van der Waals surface area contributed by atoms with Gasteiger partial charge in [-0.15, -0.1) is 0 Å². The van der Waals surface area contributed by atoms with Crippen molar-refractivity contribution < 1.29 is 9.47 Å². The second kappa shape index (κ2) is 6.02. The minimum absolute atomic E-state index is 0.677. The highest BCUT2D eigenvalue weighted by atomic mass is 16.5. The van der Waals surface area contributed by atoms with Crippen molar-refractivity contribution in [1.82, 2.24) is 10.2 Å². The van der Waals surface area contributed by atoms with Crippen LogP contribution in [0, 0.1) is 0 Å². The van der Waals surface area contributed by atoms with Crippen molar-refractivity contribution in [2.45, 2.75) is 31.8 Å². The zero-order valence-electron chi connectivity index (χ0n) is 12.4. The van der Waals surface area contributed by atoms with Crippen LogP contribution in [-0.4, -0.2) is 44.8 Å². The Hall–Kier alpha value is -1.26. The number of rotatable bonds is 4. The van der Waals surface area contributed by atoms with Gasteiger partial charge in [-0.05, 0) is 49.1 Å². The first-order chi connectivity index (χ1) is 9.80. The summed E-state index contributed by atoms with van der Waals surface area (Å²) < 4.78 is 10.8. The van der Waals surface area contributed by atoms with Crippen LogP contribution in [0.4, 0.5) is 0 Å². The molecule has 0 saturated carbocycles. The van der Waals surface area contributed by atoms with Crippen LogP contribution in [0.15, 0.2) is 12.1 Å². The van der Waals surface area contributed by atoms with E-state index in [1.54, 1.807) is 14.2 Å². The van der Waals surface area contributed by atoms with Gasteiger partial charge >= 0.3 is 0 Å². The molecule has 3 rings (SSSR count). The van der Waals surface area contributed by atoms with Gasteiger partial charge in [0.15, 0.2) is 11.5 Å². The Morgan fingerprint density at radius 1 is 1.20 bits per heavy atom. The Bertz CT molecular complexity index is 470. The third-order valence-electron chi connectivity index (χ3n) is 4.44. The fourth-order valence-corrected chi connectivity index (χ4v) is 3.32. The quantitative estimate of drug-likeness (QED) is 0.909. The van der Waals surface area contributed by atoms with Crippen molar-refractivity contribution in [2.24, 2.45) is 0 Å². The number of ether oxygens (including phenoxy) is 2. The zero-order valence-corrected chi connectivity index (χ0v) is 12.4. The first-order valence-corrected chi connectivity index (χ1v) is 7.49. The predicted octanol–water partition coefficient (Wildman–Crippen LogP) is 1.81. The molecule has 110 valence electrons. The molecule has 0 amide bonds. The molecular weight excluding hydrogens is 252 g/mol. The van der Waals surface area contributed by atoms with Gasteiger partial charge in [0.1, 0.15) is 0 Å². The molecule has 0 spiro atoms. The van der Waals surface area contributed by atoms with Gasteiger partial charge in [-0.25, -0.2) is 0 Å². The van der Waals surface area contributed by atoms with Crippen LogP contribution in [0.2, 0.25) is 0 Å². The molecule has 0 bridgehead atoms. The summed E-state index contributed by atoms with van der Waals surface area (Å²) in [6.45, 7) is 4.50. The van der Waals surface area contributed by atoms with Gasteiger partial charge in [-0.1, -0.05) is 0 Å². The predicted molar refractivity (Wildman–Crippen MR) is 79.6 cm³/mol. The molecule has 2 aliphatic heterocycles. The number of hydrogen-bond donors (Lipinski definition) is 1. The van der Waals surface area contributed by atoms with E-state index in [0.717, 1.165) is 37.6 Å². The lowest BCUT2D eigenvalue weighted by molar-refractivity contribution is 0.230. The number of fused-ring (bicyclic) bond motifs is 1. The van der Waals surface area contributed by atoms with Crippen LogP contribution < -0.4 is 14.8 Å². The molecular formula is C16H24N2O2. The summed E-state index contributed by atoms with van der Waals surface area (Å²) in [5, 5.41) is 3.58. The number of methoxy groups -OCH3 is 2. The maximum Gasteiger partial charge on any atom is 0.161 e. The number of benzene rings is 1. The highest BCUT2D eigenvalue weighted by Gasteiger charge is 2.23. The molecule has 2 aliphatic rings. The van der Waals surface area contributed by atoms with Crippen molar-refractivity contribution in [2.75, 3.05) is 33.9 Å². The maximum atomic E-state index is 5.42. The van der Waals surface area contributed by atoms with E-state index in [1.807, 2.05) is 0 Å². The SMILES string of the molecule is COc1cc2c(cc1OC)CN(CC1CCCN1)CC2.